The number of unbranched alkanes of at least 4 members (excludes halogenated alkanes) is 3. The Morgan fingerprint density at radius 3 is 2.57 bits per heavy atom. The summed E-state index contributed by atoms with van der Waals surface area (Å²) in [5.41, 5.74) is 1.19. The van der Waals surface area contributed by atoms with Crippen LogP contribution >= 0.6 is 0 Å². The van der Waals surface area contributed by atoms with Crippen LogP contribution in [0.15, 0.2) is 18.2 Å². The molecule has 2 heterocycles. The molecule has 3 rings (SSSR count). The van der Waals surface area contributed by atoms with Crippen molar-refractivity contribution in [3.8, 4) is 0 Å². The topological polar surface area (TPSA) is 134 Å². The first-order chi connectivity index (χ1) is 16.5. The van der Waals surface area contributed by atoms with Gasteiger partial charge in [0.15, 0.2) is 0 Å². The number of imide groups is 1. The first-order valence-electron chi connectivity index (χ1n) is 12.1. The van der Waals surface area contributed by atoms with Crippen molar-refractivity contribution in [1.82, 2.24) is 15.5 Å². The number of fused-ring (bicyclic) bond motifs is 1. The summed E-state index contributed by atoms with van der Waals surface area (Å²) in [6.07, 6.45) is 3.61. The molecule has 10 heteroatoms. The molecule has 0 saturated carbocycles. The number of amides is 5. The van der Waals surface area contributed by atoms with Crippen LogP contribution < -0.4 is 16.0 Å². The Bertz CT molecular complexity index is 1000. The van der Waals surface area contributed by atoms with Crippen LogP contribution in [0.5, 0.6) is 0 Å². The van der Waals surface area contributed by atoms with E-state index >= 15 is 0 Å². The summed E-state index contributed by atoms with van der Waals surface area (Å²) in [6, 6.07) is 4.45. The summed E-state index contributed by atoms with van der Waals surface area (Å²) in [7, 11) is 0. The van der Waals surface area contributed by atoms with E-state index in [1.165, 1.54) is 4.90 Å². The SMILES string of the molecule is CC(C)(C)OC(=O)NCCCCCCC(=O)Nc1cccc2c1CN(C1CCC(=O)NC1=O)C2=O. The second-order valence-electron chi connectivity index (χ2n) is 9.87. The first kappa shape index (κ1) is 26.2. The molecule has 0 bridgehead atoms. The van der Waals surface area contributed by atoms with Crippen LogP contribution in [0.25, 0.3) is 0 Å². The summed E-state index contributed by atoms with van der Waals surface area (Å²) in [6.45, 7) is 6.17. The number of piperidine rings is 1. The number of nitrogens with zero attached hydrogens (tertiary/aromatic N) is 1. The molecule has 1 aromatic carbocycles. The fourth-order valence-corrected chi connectivity index (χ4v) is 4.18. The van der Waals surface area contributed by atoms with Crippen LogP contribution in [0.1, 0.15) is 81.6 Å². The molecule has 0 aromatic heterocycles. The minimum absolute atomic E-state index is 0.141. The van der Waals surface area contributed by atoms with E-state index in [1.807, 2.05) is 20.8 Å². The fourth-order valence-electron chi connectivity index (χ4n) is 4.18. The highest BCUT2D eigenvalue weighted by molar-refractivity contribution is 6.06. The predicted octanol–water partition coefficient (Wildman–Crippen LogP) is 2.86. The van der Waals surface area contributed by atoms with Crippen LogP contribution in [-0.4, -0.2) is 52.8 Å². The molecule has 1 aromatic rings. The lowest BCUT2D eigenvalue weighted by Crippen LogP contribution is -2.52. The third kappa shape index (κ3) is 7.27. The Balaban J connectivity index is 1.42. The lowest BCUT2D eigenvalue weighted by Gasteiger charge is -2.29. The largest absolute Gasteiger partial charge is 0.444 e. The normalized spacial score (nSPS) is 17.6. The second kappa shape index (κ2) is 11.3. The maximum Gasteiger partial charge on any atom is 0.407 e. The number of hydrogen-bond acceptors (Lipinski definition) is 6. The molecule has 0 radical (unpaired) electrons. The average Bonchev–Trinajstić information content (AvgIpc) is 3.09. The maximum absolute atomic E-state index is 12.9. The molecule has 3 N–H and O–H groups in total. The van der Waals surface area contributed by atoms with Crippen molar-refractivity contribution in [2.45, 2.75) is 83.9 Å². The molecule has 0 aliphatic carbocycles. The third-order valence-electron chi connectivity index (χ3n) is 5.86. The fraction of sp³-hybridized carbons (Fsp3) is 0.560. The second-order valence-corrected chi connectivity index (χ2v) is 9.87. The van der Waals surface area contributed by atoms with Crippen LogP contribution in [0.2, 0.25) is 0 Å². The van der Waals surface area contributed by atoms with Gasteiger partial charge < -0.3 is 20.3 Å². The van der Waals surface area contributed by atoms with Gasteiger partial charge in [0.05, 0.1) is 0 Å². The van der Waals surface area contributed by atoms with E-state index in [9.17, 15) is 24.0 Å². The van der Waals surface area contributed by atoms with E-state index in [-0.39, 0.29) is 30.7 Å². The van der Waals surface area contributed by atoms with Crippen LogP contribution in [0, 0.1) is 0 Å². The van der Waals surface area contributed by atoms with Crippen molar-refractivity contribution in [3.05, 3.63) is 29.3 Å². The monoisotopic (exact) mass is 486 g/mol. The van der Waals surface area contributed by atoms with Gasteiger partial charge in [0.25, 0.3) is 5.91 Å². The van der Waals surface area contributed by atoms with E-state index in [0.29, 0.717) is 42.6 Å². The van der Waals surface area contributed by atoms with Gasteiger partial charge in [-0.25, -0.2) is 4.79 Å². The number of rotatable bonds is 9. The van der Waals surface area contributed by atoms with Gasteiger partial charge in [0, 0.05) is 42.7 Å². The molecular weight excluding hydrogens is 452 g/mol. The molecule has 10 nitrogen and oxygen atoms in total. The molecule has 5 amide bonds. The van der Waals surface area contributed by atoms with Crippen LogP contribution in [0.3, 0.4) is 0 Å². The molecule has 190 valence electrons. The Morgan fingerprint density at radius 2 is 1.86 bits per heavy atom. The van der Waals surface area contributed by atoms with Gasteiger partial charge >= 0.3 is 6.09 Å². The van der Waals surface area contributed by atoms with Gasteiger partial charge in [0.2, 0.25) is 17.7 Å². The highest BCUT2D eigenvalue weighted by atomic mass is 16.6. The van der Waals surface area contributed by atoms with Crippen molar-refractivity contribution in [2.24, 2.45) is 0 Å². The number of hydrogen-bond donors (Lipinski definition) is 3. The average molecular weight is 487 g/mol. The first-order valence-corrected chi connectivity index (χ1v) is 12.1. The summed E-state index contributed by atoms with van der Waals surface area (Å²) < 4.78 is 5.18. The van der Waals surface area contributed by atoms with Crippen LogP contribution in [-0.2, 0) is 25.7 Å². The summed E-state index contributed by atoms with van der Waals surface area (Å²) in [5.74, 6) is -1.21. The van der Waals surface area contributed by atoms with Crippen molar-refractivity contribution in [1.29, 1.82) is 0 Å². The van der Waals surface area contributed by atoms with Gasteiger partial charge in [-0.1, -0.05) is 18.9 Å². The molecule has 1 unspecified atom stereocenters. The number of carbonyl (C=O) groups excluding carboxylic acids is 5. The smallest absolute Gasteiger partial charge is 0.407 e. The molecule has 1 saturated heterocycles. The quantitative estimate of drug-likeness (QED) is 0.363. The summed E-state index contributed by atoms with van der Waals surface area (Å²) >= 11 is 0. The van der Waals surface area contributed by atoms with E-state index < -0.39 is 23.6 Å². The highest BCUT2D eigenvalue weighted by Crippen LogP contribution is 2.32. The number of benzene rings is 1. The zero-order chi connectivity index (χ0) is 25.6. The highest BCUT2D eigenvalue weighted by Gasteiger charge is 2.39. The molecule has 1 fully saturated rings. The standard InChI is InChI=1S/C25H34N4O6/c1-25(2,3)35-24(34)26-14-7-5-4-6-11-20(30)27-18-10-8-9-16-17(18)15-29(23(16)33)19-12-13-21(31)28-22(19)32/h8-10,19H,4-7,11-15H2,1-3H3,(H,26,34)(H,27,30)(H,28,31,32). The zero-order valence-electron chi connectivity index (χ0n) is 20.6. The Morgan fingerprint density at radius 1 is 1.11 bits per heavy atom. The Kier molecular flexibility index (Phi) is 8.48. The minimum Gasteiger partial charge on any atom is -0.444 e. The molecular formula is C25H34N4O6. The zero-order valence-corrected chi connectivity index (χ0v) is 20.6. The Hall–Kier alpha value is -3.43. The molecule has 2 aliphatic rings. The molecule has 0 spiro atoms. The van der Waals surface area contributed by atoms with E-state index in [2.05, 4.69) is 16.0 Å². The van der Waals surface area contributed by atoms with Gasteiger partial charge in [-0.05, 0) is 52.2 Å². The third-order valence-corrected chi connectivity index (χ3v) is 5.86. The number of ether oxygens (including phenoxy) is 1. The van der Waals surface area contributed by atoms with Gasteiger partial charge in [0.1, 0.15) is 11.6 Å². The maximum atomic E-state index is 12.9. The summed E-state index contributed by atoms with van der Waals surface area (Å²) in [4.78, 5) is 62.1. The van der Waals surface area contributed by atoms with Crippen molar-refractivity contribution in [2.75, 3.05) is 11.9 Å². The van der Waals surface area contributed by atoms with E-state index in [1.54, 1.807) is 18.2 Å². The number of anilines is 1. The lowest BCUT2D eigenvalue weighted by atomic mass is 10.0. The van der Waals surface area contributed by atoms with Crippen LogP contribution in [0.4, 0.5) is 10.5 Å². The van der Waals surface area contributed by atoms with E-state index in [0.717, 1.165) is 19.3 Å². The summed E-state index contributed by atoms with van der Waals surface area (Å²) in [5, 5.41) is 7.90. The Labute approximate surface area is 205 Å². The lowest BCUT2D eigenvalue weighted by molar-refractivity contribution is -0.137. The van der Waals surface area contributed by atoms with Crippen molar-refractivity contribution in [3.63, 3.8) is 0 Å². The van der Waals surface area contributed by atoms with Crippen molar-refractivity contribution < 1.29 is 28.7 Å². The molecule has 1 atom stereocenters. The minimum atomic E-state index is -0.694. The predicted molar refractivity (Wildman–Crippen MR) is 128 cm³/mol. The van der Waals surface area contributed by atoms with Gasteiger partial charge in [-0.3, -0.25) is 24.5 Å². The molecule has 2 aliphatic heterocycles. The van der Waals surface area contributed by atoms with Crippen molar-refractivity contribution >= 4 is 35.4 Å². The number of carbonyl (C=O) groups is 5. The van der Waals surface area contributed by atoms with E-state index in [4.69, 9.17) is 4.74 Å². The molecule has 35 heavy (non-hydrogen) atoms. The number of alkyl carbamates (subject to hydrolysis) is 1. The van der Waals surface area contributed by atoms with Gasteiger partial charge in [-0.2, -0.15) is 0 Å². The van der Waals surface area contributed by atoms with Gasteiger partial charge in [-0.15, -0.1) is 0 Å². The number of nitrogens with one attached hydrogen (secondary N) is 3.